The van der Waals surface area contributed by atoms with E-state index in [0.29, 0.717) is 23.8 Å². The maximum atomic E-state index is 12.2. The highest BCUT2D eigenvalue weighted by molar-refractivity contribution is 5.94. The van der Waals surface area contributed by atoms with Crippen LogP contribution < -0.4 is 5.32 Å². The quantitative estimate of drug-likeness (QED) is 0.582. The van der Waals surface area contributed by atoms with E-state index >= 15 is 0 Å². The van der Waals surface area contributed by atoms with Gasteiger partial charge in [0.1, 0.15) is 6.61 Å². The van der Waals surface area contributed by atoms with Gasteiger partial charge in [0.05, 0.1) is 6.42 Å². The van der Waals surface area contributed by atoms with Gasteiger partial charge in [0, 0.05) is 22.2 Å². The molecular weight excluding hydrogens is 430 g/mol. The van der Waals surface area contributed by atoms with Crippen LogP contribution >= 0.6 is 0 Å². The van der Waals surface area contributed by atoms with Crippen LogP contribution in [0.2, 0.25) is 0 Å². The van der Waals surface area contributed by atoms with Crippen molar-refractivity contribution in [3.05, 3.63) is 35.7 Å². The summed E-state index contributed by atoms with van der Waals surface area (Å²) >= 11 is 0. The SMILES string of the molecule is CC(C)(C)CC(=O)OCC1=C(c2nnc(-c3ccc(NC(=O)C(C)(C)C)cc3)nn2)CCCC1. The van der Waals surface area contributed by atoms with E-state index in [9.17, 15) is 9.59 Å². The Balaban J connectivity index is 1.70. The maximum Gasteiger partial charge on any atom is 0.306 e. The Morgan fingerprint density at radius 3 is 2.06 bits per heavy atom. The largest absolute Gasteiger partial charge is 0.461 e. The van der Waals surface area contributed by atoms with Crippen LogP contribution in [0.25, 0.3) is 17.0 Å². The minimum absolute atomic E-state index is 0.0511. The van der Waals surface area contributed by atoms with Gasteiger partial charge in [-0.25, -0.2) is 0 Å². The van der Waals surface area contributed by atoms with Crippen LogP contribution in [0.15, 0.2) is 29.8 Å². The number of hydrogen-bond donors (Lipinski definition) is 1. The van der Waals surface area contributed by atoms with Crippen LogP contribution in [-0.2, 0) is 14.3 Å². The van der Waals surface area contributed by atoms with Crippen molar-refractivity contribution in [3.8, 4) is 11.4 Å². The third-order valence-corrected chi connectivity index (χ3v) is 5.50. The predicted molar refractivity (Wildman–Crippen MR) is 132 cm³/mol. The molecule has 0 radical (unpaired) electrons. The lowest BCUT2D eigenvalue weighted by Gasteiger charge is -2.21. The first-order chi connectivity index (χ1) is 15.9. The van der Waals surface area contributed by atoms with E-state index in [1.54, 1.807) is 0 Å². The molecule has 3 rings (SSSR count). The Hall–Kier alpha value is -3.16. The Morgan fingerprint density at radius 2 is 1.47 bits per heavy atom. The summed E-state index contributed by atoms with van der Waals surface area (Å²) in [5.74, 6) is 0.649. The summed E-state index contributed by atoms with van der Waals surface area (Å²) in [5, 5.41) is 20.1. The molecule has 8 nitrogen and oxygen atoms in total. The third-order valence-electron chi connectivity index (χ3n) is 5.50. The van der Waals surface area contributed by atoms with Crippen molar-refractivity contribution in [2.24, 2.45) is 10.8 Å². The smallest absolute Gasteiger partial charge is 0.306 e. The summed E-state index contributed by atoms with van der Waals surface area (Å²) in [7, 11) is 0. The molecule has 1 aromatic carbocycles. The highest BCUT2D eigenvalue weighted by Gasteiger charge is 2.22. The number of rotatable bonds is 6. The van der Waals surface area contributed by atoms with E-state index in [2.05, 4.69) is 25.7 Å². The number of carbonyl (C=O) groups excluding carboxylic acids is 2. The number of benzene rings is 1. The van der Waals surface area contributed by atoms with Crippen LogP contribution in [0, 0.1) is 10.8 Å². The average molecular weight is 466 g/mol. The number of aromatic nitrogens is 4. The number of carbonyl (C=O) groups is 2. The zero-order valence-electron chi connectivity index (χ0n) is 21.1. The number of hydrogen-bond acceptors (Lipinski definition) is 7. The number of amides is 1. The highest BCUT2D eigenvalue weighted by atomic mass is 16.5. The number of nitrogens with zero attached hydrogens (tertiary/aromatic N) is 4. The molecule has 1 aliphatic rings. The number of nitrogens with one attached hydrogen (secondary N) is 1. The maximum absolute atomic E-state index is 12.2. The highest BCUT2D eigenvalue weighted by Crippen LogP contribution is 2.31. The molecule has 1 heterocycles. The van der Waals surface area contributed by atoms with Gasteiger partial charge in [-0.3, -0.25) is 9.59 Å². The second kappa shape index (κ2) is 10.4. The molecule has 1 aromatic heterocycles. The molecule has 1 aliphatic carbocycles. The molecule has 0 bridgehead atoms. The molecule has 2 aromatic rings. The third kappa shape index (κ3) is 7.17. The van der Waals surface area contributed by atoms with Gasteiger partial charge in [0.25, 0.3) is 0 Å². The standard InChI is InChI=1S/C26H35N5O3/c1-25(2,3)15-21(32)34-16-18-9-7-8-10-20(18)23-30-28-22(29-31-23)17-11-13-19(14-12-17)27-24(33)26(4,5)6/h11-14H,7-10,15-16H2,1-6H3,(H,27,33). The number of allylic oxidation sites excluding steroid dienone is 1. The minimum atomic E-state index is -0.469. The Labute approximate surface area is 201 Å². The van der Waals surface area contributed by atoms with Crippen LogP contribution in [0.1, 0.15) is 79.5 Å². The molecule has 0 unspecified atom stereocenters. The van der Waals surface area contributed by atoms with E-state index in [-0.39, 0.29) is 23.9 Å². The lowest BCUT2D eigenvalue weighted by atomic mass is 9.91. The minimum Gasteiger partial charge on any atom is -0.461 e. The van der Waals surface area contributed by atoms with Gasteiger partial charge in [-0.1, -0.05) is 41.5 Å². The number of ether oxygens (including phenoxy) is 1. The van der Waals surface area contributed by atoms with Gasteiger partial charge in [-0.2, -0.15) is 0 Å². The first-order valence-corrected chi connectivity index (χ1v) is 11.8. The first kappa shape index (κ1) is 25.5. The Morgan fingerprint density at radius 1 is 0.882 bits per heavy atom. The zero-order valence-corrected chi connectivity index (χ0v) is 21.1. The van der Waals surface area contributed by atoms with Crippen molar-refractivity contribution in [2.45, 2.75) is 73.6 Å². The summed E-state index contributed by atoms with van der Waals surface area (Å²) < 4.78 is 5.54. The molecule has 1 N–H and O–H groups in total. The molecule has 0 fully saturated rings. The van der Waals surface area contributed by atoms with Crippen LogP contribution in [-0.4, -0.2) is 38.9 Å². The zero-order chi connectivity index (χ0) is 24.9. The Bertz CT molecular complexity index is 1050. The molecule has 0 saturated carbocycles. The monoisotopic (exact) mass is 465 g/mol. The first-order valence-electron chi connectivity index (χ1n) is 11.8. The summed E-state index contributed by atoms with van der Waals surface area (Å²) in [6.07, 6.45) is 4.12. The van der Waals surface area contributed by atoms with Crippen molar-refractivity contribution >= 4 is 23.1 Å². The van der Waals surface area contributed by atoms with Gasteiger partial charge in [0.2, 0.25) is 11.7 Å². The molecule has 182 valence electrons. The summed E-state index contributed by atoms with van der Waals surface area (Å²) in [4.78, 5) is 24.3. The van der Waals surface area contributed by atoms with Crippen molar-refractivity contribution < 1.29 is 14.3 Å². The second-order valence-electron chi connectivity index (χ2n) is 11.0. The number of anilines is 1. The van der Waals surface area contributed by atoms with E-state index < -0.39 is 5.41 Å². The molecule has 1 amide bonds. The van der Waals surface area contributed by atoms with Crippen LogP contribution in [0.4, 0.5) is 5.69 Å². The molecular formula is C26H35N5O3. The normalized spacial score (nSPS) is 14.6. The van der Waals surface area contributed by atoms with Gasteiger partial charge < -0.3 is 10.1 Å². The summed E-state index contributed by atoms with van der Waals surface area (Å²) in [6, 6.07) is 7.28. The Kier molecular flexibility index (Phi) is 7.79. The fraction of sp³-hybridized carbons (Fsp3) is 0.538. The predicted octanol–water partition coefficient (Wildman–Crippen LogP) is 5.23. The topological polar surface area (TPSA) is 107 Å². The molecule has 0 spiro atoms. The van der Waals surface area contributed by atoms with Gasteiger partial charge in [-0.05, 0) is 60.9 Å². The second-order valence-corrected chi connectivity index (χ2v) is 11.0. The van der Waals surface area contributed by atoms with Gasteiger partial charge in [-0.15, -0.1) is 20.4 Å². The van der Waals surface area contributed by atoms with Crippen molar-refractivity contribution in [2.75, 3.05) is 11.9 Å². The molecule has 0 atom stereocenters. The van der Waals surface area contributed by atoms with Crippen molar-refractivity contribution in [1.29, 1.82) is 0 Å². The van der Waals surface area contributed by atoms with Crippen LogP contribution in [0.3, 0.4) is 0 Å². The van der Waals surface area contributed by atoms with Crippen LogP contribution in [0.5, 0.6) is 0 Å². The van der Waals surface area contributed by atoms with E-state index in [4.69, 9.17) is 4.74 Å². The summed E-state index contributed by atoms with van der Waals surface area (Å²) in [5.41, 5.74) is 2.91. The summed E-state index contributed by atoms with van der Waals surface area (Å²) in [6.45, 7) is 11.9. The molecule has 0 saturated heterocycles. The number of esters is 1. The molecule has 0 aliphatic heterocycles. The van der Waals surface area contributed by atoms with Gasteiger partial charge >= 0.3 is 5.97 Å². The molecule has 8 heteroatoms. The van der Waals surface area contributed by atoms with E-state index in [1.807, 2.05) is 65.8 Å². The van der Waals surface area contributed by atoms with Crippen molar-refractivity contribution in [1.82, 2.24) is 20.4 Å². The fourth-order valence-corrected chi connectivity index (χ4v) is 3.54. The molecule has 34 heavy (non-hydrogen) atoms. The fourth-order valence-electron chi connectivity index (χ4n) is 3.54. The lowest BCUT2D eigenvalue weighted by Crippen LogP contribution is -2.27. The van der Waals surface area contributed by atoms with Crippen molar-refractivity contribution in [3.63, 3.8) is 0 Å². The lowest BCUT2D eigenvalue weighted by molar-refractivity contribution is -0.144. The van der Waals surface area contributed by atoms with E-state index in [0.717, 1.165) is 42.4 Å². The van der Waals surface area contributed by atoms with Gasteiger partial charge in [0.15, 0.2) is 5.82 Å². The van der Waals surface area contributed by atoms with E-state index in [1.165, 1.54) is 0 Å². The average Bonchev–Trinajstić information content (AvgIpc) is 2.77.